The average Bonchev–Trinajstić information content (AvgIpc) is 2.78. The number of methoxy groups -OCH3 is 1. The average molecular weight is 397 g/mol. The normalized spacial score (nSPS) is 14.1. The summed E-state index contributed by atoms with van der Waals surface area (Å²) in [5.41, 5.74) is 2.66. The number of ether oxygens (including phenoxy) is 2. The SMILES string of the molecule is COc1ccc(CNC(=O)Nc2ccc(CNC(=O)C3CCOCC3)cc2)cc1. The maximum atomic E-state index is 12.2. The van der Waals surface area contributed by atoms with Crippen LogP contribution in [0.15, 0.2) is 48.5 Å². The Morgan fingerprint density at radius 3 is 2.14 bits per heavy atom. The lowest BCUT2D eigenvalue weighted by Gasteiger charge is -2.21. The van der Waals surface area contributed by atoms with Gasteiger partial charge in [-0.15, -0.1) is 0 Å². The minimum absolute atomic E-state index is 0.0408. The van der Waals surface area contributed by atoms with Crippen LogP contribution in [0.25, 0.3) is 0 Å². The van der Waals surface area contributed by atoms with E-state index in [1.807, 2.05) is 48.5 Å². The van der Waals surface area contributed by atoms with E-state index in [-0.39, 0.29) is 17.9 Å². The Labute approximate surface area is 170 Å². The fourth-order valence-corrected chi connectivity index (χ4v) is 3.10. The minimum atomic E-state index is -0.276. The number of benzene rings is 2. The van der Waals surface area contributed by atoms with Crippen LogP contribution >= 0.6 is 0 Å². The highest BCUT2D eigenvalue weighted by atomic mass is 16.5. The standard InChI is InChI=1S/C22H27N3O4/c1-28-20-8-4-17(5-9-20)15-24-22(27)25-19-6-2-16(3-7-19)14-23-21(26)18-10-12-29-13-11-18/h2-9,18H,10-15H2,1H3,(H,23,26)(H2,24,25,27). The van der Waals surface area contributed by atoms with Crippen molar-refractivity contribution in [3.63, 3.8) is 0 Å². The fourth-order valence-electron chi connectivity index (χ4n) is 3.10. The molecule has 0 saturated carbocycles. The number of hydrogen-bond acceptors (Lipinski definition) is 4. The van der Waals surface area contributed by atoms with Crippen molar-refractivity contribution >= 4 is 17.6 Å². The molecule has 1 fully saturated rings. The molecule has 0 aliphatic carbocycles. The second-order valence-electron chi connectivity index (χ2n) is 6.96. The van der Waals surface area contributed by atoms with Crippen molar-refractivity contribution < 1.29 is 19.1 Å². The number of urea groups is 1. The molecule has 0 aromatic heterocycles. The molecule has 0 bridgehead atoms. The number of rotatable bonds is 7. The van der Waals surface area contributed by atoms with Gasteiger partial charge in [0, 0.05) is 37.9 Å². The molecule has 7 heteroatoms. The van der Waals surface area contributed by atoms with Gasteiger partial charge in [-0.25, -0.2) is 4.79 Å². The molecule has 2 aromatic carbocycles. The zero-order valence-electron chi connectivity index (χ0n) is 16.6. The molecule has 29 heavy (non-hydrogen) atoms. The molecule has 1 saturated heterocycles. The third-order valence-corrected chi connectivity index (χ3v) is 4.88. The summed E-state index contributed by atoms with van der Waals surface area (Å²) in [6, 6.07) is 14.7. The molecule has 3 rings (SSSR count). The molecule has 0 unspecified atom stereocenters. The van der Waals surface area contributed by atoms with Gasteiger partial charge in [-0.2, -0.15) is 0 Å². The number of carbonyl (C=O) groups excluding carboxylic acids is 2. The summed E-state index contributed by atoms with van der Waals surface area (Å²) in [6.45, 7) is 2.20. The number of carbonyl (C=O) groups is 2. The smallest absolute Gasteiger partial charge is 0.319 e. The Balaban J connectivity index is 1.40. The predicted molar refractivity (Wildman–Crippen MR) is 111 cm³/mol. The Morgan fingerprint density at radius 2 is 1.52 bits per heavy atom. The van der Waals surface area contributed by atoms with Crippen molar-refractivity contribution in [1.82, 2.24) is 10.6 Å². The van der Waals surface area contributed by atoms with E-state index in [9.17, 15) is 9.59 Å². The summed E-state index contributed by atoms with van der Waals surface area (Å²) in [6.07, 6.45) is 1.56. The van der Waals surface area contributed by atoms with Gasteiger partial charge in [0.05, 0.1) is 7.11 Å². The molecule has 0 radical (unpaired) electrons. The summed E-state index contributed by atoms with van der Waals surface area (Å²) >= 11 is 0. The molecular weight excluding hydrogens is 370 g/mol. The largest absolute Gasteiger partial charge is 0.497 e. The summed E-state index contributed by atoms with van der Waals surface area (Å²) in [5, 5.41) is 8.59. The lowest BCUT2D eigenvalue weighted by Crippen LogP contribution is -2.33. The molecule has 3 amide bonds. The molecular formula is C22H27N3O4. The molecule has 1 aliphatic rings. The second-order valence-corrected chi connectivity index (χ2v) is 6.96. The Hall–Kier alpha value is -3.06. The van der Waals surface area contributed by atoms with Crippen molar-refractivity contribution in [3.05, 3.63) is 59.7 Å². The first-order valence-electron chi connectivity index (χ1n) is 9.76. The Kier molecular flexibility index (Phi) is 7.47. The van der Waals surface area contributed by atoms with E-state index < -0.39 is 0 Å². The molecule has 3 N–H and O–H groups in total. The zero-order chi connectivity index (χ0) is 20.5. The Bertz CT molecular complexity index is 800. The third-order valence-electron chi connectivity index (χ3n) is 4.88. The fraction of sp³-hybridized carbons (Fsp3) is 0.364. The number of hydrogen-bond donors (Lipinski definition) is 3. The van der Waals surface area contributed by atoms with Gasteiger partial charge in [-0.05, 0) is 48.2 Å². The summed E-state index contributed by atoms with van der Waals surface area (Å²) < 4.78 is 10.4. The molecule has 1 heterocycles. The van der Waals surface area contributed by atoms with Gasteiger partial charge in [-0.1, -0.05) is 24.3 Å². The monoisotopic (exact) mass is 397 g/mol. The maximum Gasteiger partial charge on any atom is 0.319 e. The number of anilines is 1. The molecule has 0 spiro atoms. The van der Waals surface area contributed by atoms with Gasteiger partial charge in [0.25, 0.3) is 0 Å². The summed E-state index contributed by atoms with van der Waals surface area (Å²) in [7, 11) is 1.62. The molecule has 1 aliphatic heterocycles. The van der Waals surface area contributed by atoms with Crippen LogP contribution in [0.4, 0.5) is 10.5 Å². The predicted octanol–water partition coefficient (Wildman–Crippen LogP) is 3.06. The van der Waals surface area contributed by atoms with Crippen LogP contribution in [0, 0.1) is 5.92 Å². The van der Waals surface area contributed by atoms with Crippen LogP contribution in [-0.4, -0.2) is 32.3 Å². The van der Waals surface area contributed by atoms with Crippen molar-refractivity contribution in [2.24, 2.45) is 5.92 Å². The van der Waals surface area contributed by atoms with Crippen molar-refractivity contribution in [2.75, 3.05) is 25.6 Å². The summed E-state index contributed by atoms with van der Waals surface area (Å²) in [5.74, 6) is 0.898. The first-order chi connectivity index (χ1) is 14.1. The van der Waals surface area contributed by atoms with E-state index in [0.29, 0.717) is 32.0 Å². The van der Waals surface area contributed by atoms with Gasteiger partial charge in [-0.3, -0.25) is 4.79 Å². The Morgan fingerprint density at radius 1 is 0.931 bits per heavy atom. The zero-order valence-corrected chi connectivity index (χ0v) is 16.6. The van der Waals surface area contributed by atoms with Gasteiger partial charge in [0.2, 0.25) is 5.91 Å². The van der Waals surface area contributed by atoms with Crippen molar-refractivity contribution in [3.8, 4) is 5.75 Å². The van der Waals surface area contributed by atoms with Crippen LogP contribution < -0.4 is 20.7 Å². The highest BCUT2D eigenvalue weighted by molar-refractivity contribution is 5.89. The quantitative estimate of drug-likeness (QED) is 0.670. The number of amides is 3. The van der Waals surface area contributed by atoms with Crippen LogP contribution in [0.1, 0.15) is 24.0 Å². The topological polar surface area (TPSA) is 88.7 Å². The highest BCUT2D eigenvalue weighted by Gasteiger charge is 2.20. The van der Waals surface area contributed by atoms with Crippen LogP contribution in [0.5, 0.6) is 5.75 Å². The van der Waals surface area contributed by atoms with E-state index in [2.05, 4.69) is 16.0 Å². The number of nitrogens with one attached hydrogen (secondary N) is 3. The van der Waals surface area contributed by atoms with Gasteiger partial charge >= 0.3 is 6.03 Å². The minimum Gasteiger partial charge on any atom is -0.497 e. The highest BCUT2D eigenvalue weighted by Crippen LogP contribution is 2.15. The van der Waals surface area contributed by atoms with Crippen LogP contribution in [0.3, 0.4) is 0 Å². The third kappa shape index (κ3) is 6.50. The van der Waals surface area contributed by atoms with E-state index in [1.54, 1.807) is 7.11 Å². The molecule has 2 aromatic rings. The molecule has 0 atom stereocenters. The first kappa shape index (κ1) is 20.7. The van der Waals surface area contributed by atoms with Gasteiger partial charge < -0.3 is 25.4 Å². The lowest BCUT2D eigenvalue weighted by molar-refractivity contribution is -0.128. The van der Waals surface area contributed by atoms with E-state index in [1.165, 1.54) is 0 Å². The second kappa shape index (κ2) is 10.5. The molecule has 7 nitrogen and oxygen atoms in total. The van der Waals surface area contributed by atoms with E-state index in [4.69, 9.17) is 9.47 Å². The first-order valence-corrected chi connectivity index (χ1v) is 9.76. The van der Waals surface area contributed by atoms with E-state index >= 15 is 0 Å². The van der Waals surface area contributed by atoms with Crippen molar-refractivity contribution in [1.29, 1.82) is 0 Å². The summed E-state index contributed by atoms with van der Waals surface area (Å²) in [4.78, 5) is 24.2. The van der Waals surface area contributed by atoms with Gasteiger partial charge in [0.15, 0.2) is 0 Å². The lowest BCUT2D eigenvalue weighted by atomic mass is 9.99. The maximum absolute atomic E-state index is 12.2. The van der Waals surface area contributed by atoms with E-state index in [0.717, 1.165) is 29.7 Å². The van der Waals surface area contributed by atoms with Crippen LogP contribution in [0.2, 0.25) is 0 Å². The van der Waals surface area contributed by atoms with Gasteiger partial charge in [0.1, 0.15) is 5.75 Å². The van der Waals surface area contributed by atoms with Crippen molar-refractivity contribution in [2.45, 2.75) is 25.9 Å². The van der Waals surface area contributed by atoms with Crippen LogP contribution in [-0.2, 0) is 22.6 Å². The molecule has 154 valence electrons.